The van der Waals surface area contributed by atoms with Gasteiger partial charge >= 0.3 is 0 Å². The molecule has 1 aromatic carbocycles. The van der Waals surface area contributed by atoms with E-state index in [4.69, 9.17) is 5.73 Å². The molecule has 0 saturated carbocycles. The number of imidazole rings is 1. The summed E-state index contributed by atoms with van der Waals surface area (Å²) in [5.41, 5.74) is 5.44. The number of likely N-dealkylation sites (N-methyl/N-ethyl adjacent to an activating group) is 1. The van der Waals surface area contributed by atoms with Gasteiger partial charge in [0, 0.05) is 37.6 Å². The number of sulfonamides is 1. The van der Waals surface area contributed by atoms with Crippen LogP contribution in [0, 0.1) is 0 Å². The first kappa shape index (κ1) is 17.6. The highest BCUT2D eigenvalue weighted by atomic mass is 32.2. The van der Waals surface area contributed by atoms with Crippen molar-refractivity contribution >= 4 is 15.9 Å². The van der Waals surface area contributed by atoms with Crippen molar-refractivity contribution in [3.05, 3.63) is 48.0 Å². The Morgan fingerprint density at radius 2 is 2.20 bits per heavy atom. The van der Waals surface area contributed by atoms with Crippen LogP contribution in [0.3, 0.4) is 0 Å². The molecule has 2 heterocycles. The van der Waals surface area contributed by atoms with Gasteiger partial charge in [0.15, 0.2) is 0 Å². The molecule has 0 unspecified atom stereocenters. The lowest BCUT2D eigenvalue weighted by molar-refractivity contribution is 0.1000. The Balaban J connectivity index is 1.90. The quantitative estimate of drug-likeness (QED) is 0.807. The molecule has 0 radical (unpaired) electrons. The summed E-state index contributed by atoms with van der Waals surface area (Å²) in [6.45, 7) is 4.13. The molecule has 1 amide bonds. The van der Waals surface area contributed by atoms with Gasteiger partial charge in [-0.1, -0.05) is 13.0 Å². The Hall–Kier alpha value is -2.23. The molecule has 0 aliphatic carbocycles. The van der Waals surface area contributed by atoms with Gasteiger partial charge in [0.1, 0.15) is 5.82 Å². The number of H-pyrrole nitrogens is 1. The molecule has 1 fully saturated rings. The van der Waals surface area contributed by atoms with E-state index >= 15 is 0 Å². The minimum absolute atomic E-state index is 0.0759. The molecular weight excluding hydrogens is 342 g/mol. The summed E-state index contributed by atoms with van der Waals surface area (Å²) in [4.78, 5) is 21.0. The Labute approximate surface area is 146 Å². The van der Waals surface area contributed by atoms with Crippen LogP contribution in [0.4, 0.5) is 0 Å². The number of benzene rings is 1. The van der Waals surface area contributed by atoms with Crippen molar-refractivity contribution in [3.63, 3.8) is 0 Å². The Kier molecular flexibility index (Phi) is 4.89. The molecule has 2 aromatic rings. The lowest BCUT2D eigenvalue weighted by Gasteiger charge is -2.39. The molecule has 0 spiro atoms. The number of primary amides is 1. The van der Waals surface area contributed by atoms with E-state index in [1.54, 1.807) is 12.4 Å². The van der Waals surface area contributed by atoms with Crippen LogP contribution in [0.15, 0.2) is 41.6 Å². The van der Waals surface area contributed by atoms with Gasteiger partial charge in [-0.15, -0.1) is 0 Å². The maximum atomic E-state index is 13.0. The van der Waals surface area contributed by atoms with Crippen LogP contribution in [0.1, 0.15) is 29.1 Å². The van der Waals surface area contributed by atoms with Crippen molar-refractivity contribution in [1.29, 1.82) is 0 Å². The van der Waals surface area contributed by atoms with Crippen molar-refractivity contribution in [2.24, 2.45) is 5.73 Å². The van der Waals surface area contributed by atoms with Crippen molar-refractivity contribution in [3.8, 4) is 0 Å². The topological polar surface area (TPSA) is 112 Å². The van der Waals surface area contributed by atoms with E-state index < -0.39 is 15.9 Å². The third kappa shape index (κ3) is 3.44. The summed E-state index contributed by atoms with van der Waals surface area (Å²) < 4.78 is 27.4. The molecule has 25 heavy (non-hydrogen) atoms. The third-order valence-electron chi connectivity index (χ3n) is 4.45. The highest BCUT2D eigenvalue weighted by Gasteiger charge is 2.35. The average Bonchev–Trinajstić information content (AvgIpc) is 3.15. The van der Waals surface area contributed by atoms with E-state index in [0.717, 1.165) is 12.4 Å². The summed E-state index contributed by atoms with van der Waals surface area (Å²) in [5, 5.41) is 0. The van der Waals surface area contributed by atoms with Crippen LogP contribution < -0.4 is 5.73 Å². The molecule has 1 saturated heterocycles. The fourth-order valence-corrected chi connectivity index (χ4v) is 4.55. The largest absolute Gasteiger partial charge is 0.366 e. The van der Waals surface area contributed by atoms with Gasteiger partial charge in [-0.3, -0.25) is 9.69 Å². The molecule has 3 N–H and O–H groups in total. The number of aromatic nitrogens is 2. The maximum Gasteiger partial charge on any atom is 0.248 e. The number of amides is 1. The van der Waals surface area contributed by atoms with Crippen LogP contribution in [0.25, 0.3) is 0 Å². The first-order chi connectivity index (χ1) is 11.9. The van der Waals surface area contributed by atoms with Gasteiger partial charge in [0.2, 0.25) is 15.9 Å². The highest BCUT2D eigenvalue weighted by Crippen LogP contribution is 2.27. The van der Waals surface area contributed by atoms with E-state index in [2.05, 4.69) is 14.9 Å². The van der Waals surface area contributed by atoms with Gasteiger partial charge in [0.05, 0.1) is 10.9 Å². The molecule has 8 nitrogen and oxygen atoms in total. The van der Waals surface area contributed by atoms with Crippen molar-refractivity contribution in [1.82, 2.24) is 19.2 Å². The Morgan fingerprint density at radius 1 is 1.40 bits per heavy atom. The van der Waals surface area contributed by atoms with Gasteiger partial charge in [-0.25, -0.2) is 13.4 Å². The fourth-order valence-electron chi connectivity index (χ4n) is 3.07. The van der Waals surface area contributed by atoms with E-state index in [0.29, 0.717) is 19.6 Å². The molecule has 3 rings (SSSR count). The van der Waals surface area contributed by atoms with Gasteiger partial charge < -0.3 is 10.7 Å². The zero-order chi connectivity index (χ0) is 18.0. The van der Waals surface area contributed by atoms with Crippen molar-refractivity contribution < 1.29 is 13.2 Å². The molecule has 0 bridgehead atoms. The number of rotatable bonds is 5. The average molecular weight is 363 g/mol. The molecule has 9 heteroatoms. The Morgan fingerprint density at radius 3 is 2.84 bits per heavy atom. The highest BCUT2D eigenvalue weighted by molar-refractivity contribution is 7.89. The minimum Gasteiger partial charge on any atom is -0.366 e. The molecule has 134 valence electrons. The van der Waals surface area contributed by atoms with E-state index in [1.807, 2.05) is 6.92 Å². The third-order valence-corrected chi connectivity index (χ3v) is 6.31. The summed E-state index contributed by atoms with van der Waals surface area (Å²) in [6.07, 6.45) is 3.39. The molecule has 1 aromatic heterocycles. The number of hydrogen-bond acceptors (Lipinski definition) is 5. The number of carbonyl (C=O) groups excluding carboxylic acids is 1. The number of nitrogens with zero attached hydrogens (tertiary/aromatic N) is 3. The fraction of sp³-hybridized carbons (Fsp3) is 0.375. The lowest BCUT2D eigenvalue weighted by atomic mass is 10.2. The normalized spacial score (nSPS) is 19.8. The predicted molar refractivity (Wildman–Crippen MR) is 92.3 cm³/mol. The van der Waals surface area contributed by atoms with Crippen molar-refractivity contribution in [2.75, 3.05) is 26.2 Å². The number of aromatic amines is 1. The second-order valence-electron chi connectivity index (χ2n) is 5.87. The maximum absolute atomic E-state index is 13.0. The summed E-state index contributed by atoms with van der Waals surface area (Å²) in [6, 6.07) is 5.70. The lowest BCUT2D eigenvalue weighted by Crippen LogP contribution is -2.50. The first-order valence-electron chi connectivity index (χ1n) is 8.07. The predicted octanol–water partition coefficient (Wildman–Crippen LogP) is 0.576. The van der Waals surface area contributed by atoms with E-state index in [-0.39, 0.29) is 16.5 Å². The molecular formula is C16H21N5O3S. The second-order valence-corrected chi connectivity index (χ2v) is 7.81. The number of hydrogen-bond donors (Lipinski definition) is 2. The van der Waals surface area contributed by atoms with Gasteiger partial charge in [0.25, 0.3) is 0 Å². The van der Waals surface area contributed by atoms with Crippen molar-refractivity contribution in [2.45, 2.75) is 17.9 Å². The van der Waals surface area contributed by atoms with Crippen LogP contribution in [-0.2, 0) is 10.0 Å². The monoisotopic (exact) mass is 363 g/mol. The summed E-state index contributed by atoms with van der Waals surface area (Å²) >= 11 is 0. The van der Waals surface area contributed by atoms with Crippen LogP contribution >= 0.6 is 0 Å². The minimum atomic E-state index is -3.72. The van der Waals surface area contributed by atoms with Crippen LogP contribution in [0.2, 0.25) is 0 Å². The summed E-state index contributed by atoms with van der Waals surface area (Å²) in [5.74, 6) is 0.0916. The molecule has 1 aliphatic heterocycles. The molecule has 1 atom stereocenters. The zero-order valence-corrected chi connectivity index (χ0v) is 14.7. The van der Waals surface area contributed by atoms with Gasteiger partial charge in [-0.05, 0) is 24.7 Å². The standard InChI is InChI=1S/C16H21N5O3S/c1-2-20-8-9-21(11-14(20)16-18-6-7-19-16)25(23,24)13-5-3-4-12(10-13)15(17)22/h3-7,10,14H,2,8-9,11H2,1H3,(H2,17,22)(H,18,19)/t14-/m1/s1. The SMILES string of the molecule is CCN1CCN(S(=O)(=O)c2cccc(C(N)=O)c2)C[C@@H]1c1ncc[nH]1. The van der Waals surface area contributed by atoms with E-state index in [9.17, 15) is 13.2 Å². The van der Waals surface area contributed by atoms with E-state index in [1.165, 1.54) is 28.6 Å². The first-order valence-corrected chi connectivity index (χ1v) is 9.51. The smallest absolute Gasteiger partial charge is 0.248 e. The number of nitrogens with two attached hydrogens (primary N) is 1. The molecule has 1 aliphatic rings. The number of piperazine rings is 1. The summed E-state index contributed by atoms with van der Waals surface area (Å²) in [7, 11) is -3.72. The van der Waals surface area contributed by atoms with Gasteiger partial charge in [-0.2, -0.15) is 4.31 Å². The van der Waals surface area contributed by atoms with Crippen LogP contribution in [-0.4, -0.2) is 59.7 Å². The Bertz CT molecular complexity index is 850. The number of carbonyl (C=O) groups is 1. The second kappa shape index (κ2) is 6.95. The zero-order valence-electron chi connectivity index (χ0n) is 13.9. The number of nitrogens with one attached hydrogen (secondary N) is 1. The van der Waals surface area contributed by atoms with Crippen LogP contribution in [0.5, 0.6) is 0 Å².